The number of hydrogen-bond donors (Lipinski definition) is 0. The molecule has 0 bridgehead atoms. The Balaban J connectivity index is 5.78. The summed E-state index contributed by atoms with van der Waals surface area (Å²) in [5, 5.41) is 0. The Hall–Kier alpha value is -0.620. The third kappa shape index (κ3) is 2.79. The van der Waals surface area contributed by atoms with Gasteiger partial charge in [0.2, 0.25) is 0 Å². The molecular formula is C6BrF11O. The molecule has 0 saturated carbocycles. The van der Waals surface area contributed by atoms with Gasteiger partial charge in [-0.2, -0.15) is 43.9 Å². The van der Waals surface area contributed by atoms with Crippen LogP contribution in [0.1, 0.15) is 0 Å². The molecule has 114 valence electrons. The summed E-state index contributed by atoms with van der Waals surface area (Å²) in [4.78, 5) is 10.4. The molecule has 0 N–H and O–H groups in total. The molecule has 0 aliphatic rings. The first-order chi connectivity index (χ1) is 7.90. The van der Waals surface area contributed by atoms with Gasteiger partial charge in [0.1, 0.15) is 0 Å². The lowest BCUT2D eigenvalue weighted by Crippen LogP contribution is -2.62. The first-order valence-corrected chi connectivity index (χ1v) is 4.51. The highest BCUT2D eigenvalue weighted by Gasteiger charge is 2.81. The van der Waals surface area contributed by atoms with Crippen molar-refractivity contribution in [3.63, 3.8) is 0 Å². The van der Waals surface area contributed by atoms with Gasteiger partial charge < -0.3 is 0 Å². The van der Waals surface area contributed by atoms with E-state index in [1.807, 2.05) is 0 Å². The molecule has 0 aliphatic heterocycles. The van der Waals surface area contributed by atoms with Gasteiger partial charge >= 0.3 is 28.8 Å². The van der Waals surface area contributed by atoms with Crippen molar-refractivity contribution in [2.75, 3.05) is 0 Å². The van der Waals surface area contributed by atoms with Crippen LogP contribution in [-0.2, 0) is 4.79 Å². The molecule has 1 unspecified atom stereocenters. The molecule has 1 atom stereocenters. The number of hydrogen-bond acceptors (Lipinski definition) is 1. The largest absolute Gasteiger partial charge is 0.460 e. The summed E-state index contributed by atoms with van der Waals surface area (Å²) in [6.45, 7) is 0. The Kier molecular flexibility index (Phi) is 4.30. The highest BCUT2D eigenvalue weighted by Crippen LogP contribution is 2.52. The first kappa shape index (κ1) is 18.4. The molecular weight excluding hydrogens is 377 g/mol. The summed E-state index contributed by atoms with van der Waals surface area (Å²) < 4.78 is 127. The van der Waals surface area contributed by atoms with Crippen molar-refractivity contribution in [1.82, 2.24) is 0 Å². The molecule has 0 aromatic carbocycles. The highest BCUT2D eigenvalue weighted by molar-refractivity contribution is 9.10. The number of Topliss-reactive ketones (excluding diaryl/α,β-unsaturated/α-hetero) is 1. The van der Waals surface area contributed by atoms with Crippen LogP contribution in [0, 0.1) is 0 Å². The standard InChI is InChI=1S/C6BrF11O/c7-2(8,5(13,14)15)1(19)3(9,10)4(11,12)6(16,17)18. The Bertz CT molecular complexity index is 364. The fourth-order valence-electron chi connectivity index (χ4n) is 0.646. The van der Waals surface area contributed by atoms with Crippen LogP contribution in [0.15, 0.2) is 0 Å². The Morgan fingerprint density at radius 2 is 1.00 bits per heavy atom. The van der Waals surface area contributed by atoms with Gasteiger partial charge in [-0.15, -0.1) is 0 Å². The number of rotatable bonds is 3. The van der Waals surface area contributed by atoms with Crippen LogP contribution >= 0.6 is 15.9 Å². The van der Waals surface area contributed by atoms with E-state index in [9.17, 15) is 53.1 Å². The van der Waals surface area contributed by atoms with Crippen molar-refractivity contribution < 1.29 is 53.1 Å². The van der Waals surface area contributed by atoms with E-state index in [1.54, 1.807) is 0 Å². The summed E-state index contributed by atoms with van der Waals surface area (Å²) >= 11 is 0.741. The van der Waals surface area contributed by atoms with Crippen molar-refractivity contribution in [2.45, 2.75) is 28.8 Å². The lowest BCUT2D eigenvalue weighted by atomic mass is 10.0. The lowest BCUT2D eigenvalue weighted by Gasteiger charge is -2.30. The second-order valence-corrected chi connectivity index (χ2v) is 4.14. The molecule has 0 spiro atoms. The summed E-state index contributed by atoms with van der Waals surface area (Å²) in [5.41, 5.74) is 0. The molecule has 0 aromatic heterocycles. The fourth-order valence-corrected chi connectivity index (χ4v) is 0.895. The van der Waals surface area contributed by atoms with E-state index in [0.29, 0.717) is 0 Å². The zero-order chi connectivity index (χ0) is 16.1. The Morgan fingerprint density at radius 3 is 1.21 bits per heavy atom. The van der Waals surface area contributed by atoms with Crippen LogP contribution < -0.4 is 0 Å². The van der Waals surface area contributed by atoms with Crippen LogP contribution in [0.2, 0.25) is 0 Å². The monoisotopic (exact) mass is 376 g/mol. The minimum Gasteiger partial charge on any atom is -0.288 e. The molecule has 0 rings (SSSR count). The predicted molar refractivity (Wildman–Crippen MR) is 39.8 cm³/mol. The average molecular weight is 377 g/mol. The van der Waals surface area contributed by atoms with Gasteiger partial charge in [-0.25, -0.2) is 4.39 Å². The SMILES string of the molecule is O=C(C(F)(F)C(F)(F)C(F)(F)F)C(F)(Br)C(F)(F)F. The third-order valence-corrected chi connectivity index (χ3v) is 2.49. The zero-order valence-electron chi connectivity index (χ0n) is 7.94. The van der Waals surface area contributed by atoms with E-state index >= 15 is 0 Å². The molecule has 0 aromatic rings. The van der Waals surface area contributed by atoms with Gasteiger partial charge in [0, 0.05) is 0 Å². The minimum absolute atomic E-state index is 0.741. The van der Waals surface area contributed by atoms with Gasteiger partial charge in [-0.1, -0.05) is 0 Å². The van der Waals surface area contributed by atoms with Gasteiger partial charge in [-0.3, -0.25) is 4.79 Å². The van der Waals surface area contributed by atoms with E-state index in [4.69, 9.17) is 0 Å². The van der Waals surface area contributed by atoms with Crippen LogP contribution in [0.5, 0.6) is 0 Å². The van der Waals surface area contributed by atoms with E-state index in [2.05, 4.69) is 0 Å². The molecule has 0 aliphatic carbocycles. The molecule has 0 heterocycles. The molecule has 1 nitrogen and oxygen atoms in total. The maximum Gasteiger partial charge on any atom is 0.460 e. The van der Waals surface area contributed by atoms with Gasteiger partial charge in [0.05, 0.1) is 0 Å². The van der Waals surface area contributed by atoms with Crippen LogP contribution in [0.4, 0.5) is 48.3 Å². The number of carbonyl (C=O) groups excluding carboxylic acids is 1. The number of ketones is 1. The summed E-state index contributed by atoms with van der Waals surface area (Å²) in [6.07, 6.45) is -13.5. The van der Waals surface area contributed by atoms with Crippen molar-refractivity contribution >= 4 is 21.7 Å². The van der Waals surface area contributed by atoms with E-state index in [-0.39, 0.29) is 0 Å². The lowest BCUT2D eigenvalue weighted by molar-refractivity contribution is -0.346. The normalized spacial score (nSPS) is 18.1. The van der Waals surface area contributed by atoms with Crippen LogP contribution in [0.25, 0.3) is 0 Å². The predicted octanol–water partition coefficient (Wildman–Crippen LogP) is 4.01. The fraction of sp³-hybridized carbons (Fsp3) is 0.833. The van der Waals surface area contributed by atoms with Crippen LogP contribution in [-0.4, -0.2) is 34.6 Å². The van der Waals surface area contributed by atoms with Crippen LogP contribution in [0.3, 0.4) is 0 Å². The van der Waals surface area contributed by atoms with Crippen molar-refractivity contribution in [2.24, 2.45) is 0 Å². The van der Waals surface area contributed by atoms with E-state index in [0.717, 1.165) is 15.9 Å². The van der Waals surface area contributed by atoms with Gasteiger partial charge in [0.25, 0.3) is 5.78 Å². The van der Waals surface area contributed by atoms with Crippen molar-refractivity contribution in [3.8, 4) is 0 Å². The molecule has 0 fully saturated rings. The highest BCUT2D eigenvalue weighted by atomic mass is 79.9. The molecule has 0 radical (unpaired) electrons. The van der Waals surface area contributed by atoms with E-state index in [1.165, 1.54) is 0 Å². The van der Waals surface area contributed by atoms with Gasteiger partial charge in [0.15, 0.2) is 0 Å². The van der Waals surface area contributed by atoms with E-state index < -0.39 is 34.6 Å². The molecule has 13 heteroatoms. The quantitative estimate of drug-likeness (QED) is 0.537. The first-order valence-electron chi connectivity index (χ1n) is 3.72. The topological polar surface area (TPSA) is 17.1 Å². The summed E-state index contributed by atoms with van der Waals surface area (Å²) in [5.74, 6) is -18.4. The maximum absolute atomic E-state index is 12.7. The second kappa shape index (κ2) is 4.45. The molecule has 0 amide bonds. The summed E-state index contributed by atoms with van der Waals surface area (Å²) in [6, 6.07) is 0. The van der Waals surface area contributed by atoms with Crippen molar-refractivity contribution in [3.05, 3.63) is 0 Å². The third-order valence-electron chi connectivity index (χ3n) is 1.68. The maximum atomic E-state index is 12.7. The van der Waals surface area contributed by atoms with Crippen molar-refractivity contribution in [1.29, 1.82) is 0 Å². The second-order valence-electron chi connectivity index (χ2n) is 3.05. The zero-order valence-corrected chi connectivity index (χ0v) is 9.53. The average Bonchev–Trinajstić information content (AvgIpc) is 2.12. The smallest absolute Gasteiger partial charge is 0.288 e. The Labute approximate surface area is 104 Å². The minimum atomic E-state index is -7.17. The number of alkyl halides is 12. The summed E-state index contributed by atoms with van der Waals surface area (Å²) in [7, 11) is 0. The molecule has 0 saturated heterocycles. The Morgan fingerprint density at radius 1 is 0.684 bits per heavy atom. The van der Waals surface area contributed by atoms with Gasteiger partial charge in [-0.05, 0) is 15.9 Å². The molecule has 19 heavy (non-hydrogen) atoms. The number of carbonyl (C=O) groups is 1. The number of halogens is 12.